The maximum atomic E-state index is 13.1. The second-order valence-electron chi connectivity index (χ2n) is 7.94. The van der Waals surface area contributed by atoms with Crippen LogP contribution < -0.4 is 0 Å². The zero-order valence-electron chi connectivity index (χ0n) is 18.6. The molecule has 2 heterocycles. The lowest BCUT2D eigenvalue weighted by Gasteiger charge is -2.47. The van der Waals surface area contributed by atoms with Gasteiger partial charge in [-0.15, -0.1) is 0 Å². The Balaban J connectivity index is 1.81. The molecular weight excluding hydrogens is 434 g/mol. The third-order valence-corrected chi connectivity index (χ3v) is 6.08. The van der Waals surface area contributed by atoms with Crippen molar-refractivity contribution in [1.29, 1.82) is 0 Å². The van der Waals surface area contributed by atoms with Crippen LogP contribution in [0.25, 0.3) is 11.6 Å². The highest BCUT2D eigenvalue weighted by Crippen LogP contribution is 2.48. The lowest BCUT2D eigenvalue weighted by atomic mass is 9.80. The topological polar surface area (TPSA) is 82.1 Å². The summed E-state index contributed by atoms with van der Waals surface area (Å²) >= 11 is 0. The Labute approximate surface area is 196 Å². The first-order chi connectivity index (χ1) is 16.5. The normalized spacial score (nSPS) is 22.8. The van der Waals surface area contributed by atoms with E-state index in [1.54, 1.807) is 29.3 Å². The number of benzene rings is 2. The highest BCUT2D eigenvalue weighted by Gasteiger charge is 2.52. The lowest BCUT2D eigenvalue weighted by Crippen LogP contribution is -2.50. The van der Waals surface area contributed by atoms with Crippen molar-refractivity contribution in [3.63, 3.8) is 0 Å². The first-order valence-electron chi connectivity index (χ1n) is 10.7. The van der Waals surface area contributed by atoms with Crippen LogP contribution in [0.3, 0.4) is 0 Å². The standard InChI is InChI=1S/C27H21NO6/c1-32-25(30)22-23(26(31)33-2)28-15-13-18-10-6-7-11-19(18)24(28)34-27(22)14-12-21(29)20(16-27)17-8-4-3-5-9-17/h3-16,24H,1-2H3/t24-,27+/m1/s1. The van der Waals surface area contributed by atoms with Crippen LogP contribution in [0, 0.1) is 0 Å². The monoisotopic (exact) mass is 455 g/mol. The molecule has 0 amide bonds. The first kappa shape index (κ1) is 21.6. The number of nitrogens with zero attached hydrogens (tertiary/aromatic N) is 1. The molecule has 0 saturated heterocycles. The van der Waals surface area contributed by atoms with Crippen molar-refractivity contribution in [3.8, 4) is 0 Å². The van der Waals surface area contributed by atoms with E-state index in [9.17, 15) is 14.4 Å². The van der Waals surface area contributed by atoms with Crippen molar-refractivity contribution in [1.82, 2.24) is 4.90 Å². The highest BCUT2D eigenvalue weighted by molar-refractivity contribution is 6.27. The summed E-state index contributed by atoms with van der Waals surface area (Å²) in [5, 5.41) is 0. The van der Waals surface area contributed by atoms with Crippen LogP contribution >= 0.6 is 0 Å². The van der Waals surface area contributed by atoms with Crippen LogP contribution in [0.4, 0.5) is 0 Å². The molecule has 2 aromatic rings. The maximum Gasteiger partial charge on any atom is 0.355 e. The molecule has 1 spiro atoms. The number of hydrogen-bond donors (Lipinski definition) is 0. The van der Waals surface area contributed by atoms with Crippen LogP contribution in [-0.4, -0.2) is 42.4 Å². The number of ketones is 1. The first-order valence-corrected chi connectivity index (χ1v) is 10.7. The summed E-state index contributed by atoms with van der Waals surface area (Å²) in [6.45, 7) is 0. The number of carbonyl (C=O) groups excluding carboxylic acids is 3. The summed E-state index contributed by atoms with van der Waals surface area (Å²) in [5.41, 5.74) is 1.09. The Morgan fingerprint density at radius 3 is 2.38 bits per heavy atom. The van der Waals surface area contributed by atoms with E-state index < -0.39 is 23.8 Å². The van der Waals surface area contributed by atoms with E-state index in [0.717, 1.165) is 11.1 Å². The Morgan fingerprint density at radius 2 is 1.65 bits per heavy atom. The van der Waals surface area contributed by atoms with Crippen LogP contribution in [0.2, 0.25) is 0 Å². The summed E-state index contributed by atoms with van der Waals surface area (Å²) in [4.78, 5) is 40.6. The smallest absolute Gasteiger partial charge is 0.355 e. The van der Waals surface area contributed by atoms with Gasteiger partial charge in [-0.1, -0.05) is 54.6 Å². The van der Waals surface area contributed by atoms with Gasteiger partial charge in [-0.2, -0.15) is 0 Å². The predicted octanol–water partition coefficient (Wildman–Crippen LogP) is 3.56. The molecule has 2 atom stereocenters. The molecule has 1 aliphatic carbocycles. The third kappa shape index (κ3) is 3.29. The Kier molecular flexibility index (Phi) is 5.26. The Hall–Kier alpha value is -4.23. The highest BCUT2D eigenvalue weighted by atomic mass is 16.6. The van der Waals surface area contributed by atoms with Gasteiger partial charge in [0.25, 0.3) is 0 Å². The van der Waals surface area contributed by atoms with Gasteiger partial charge < -0.3 is 19.1 Å². The molecule has 0 saturated carbocycles. The molecule has 0 aromatic heterocycles. The maximum absolute atomic E-state index is 13.1. The van der Waals surface area contributed by atoms with E-state index >= 15 is 0 Å². The van der Waals surface area contributed by atoms with Crippen molar-refractivity contribution >= 4 is 29.4 Å². The van der Waals surface area contributed by atoms with E-state index in [2.05, 4.69) is 0 Å². The number of ether oxygens (including phenoxy) is 3. The molecule has 34 heavy (non-hydrogen) atoms. The van der Waals surface area contributed by atoms with Gasteiger partial charge >= 0.3 is 11.9 Å². The van der Waals surface area contributed by atoms with E-state index in [0.29, 0.717) is 11.1 Å². The summed E-state index contributed by atoms with van der Waals surface area (Å²) in [6.07, 6.45) is 7.19. The van der Waals surface area contributed by atoms with Crippen LogP contribution in [0.1, 0.15) is 22.9 Å². The van der Waals surface area contributed by atoms with E-state index in [1.807, 2.05) is 48.5 Å². The van der Waals surface area contributed by atoms with Gasteiger partial charge in [0.1, 0.15) is 16.9 Å². The molecule has 170 valence electrons. The van der Waals surface area contributed by atoms with Gasteiger partial charge in [0.2, 0.25) is 0 Å². The van der Waals surface area contributed by atoms with E-state index in [-0.39, 0.29) is 17.1 Å². The minimum atomic E-state index is -1.55. The molecule has 7 nitrogen and oxygen atoms in total. The van der Waals surface area contributed by atoms with Crippen molar-refractivity contribution in [3.05, 3.63) is 107 Å². The van der Waals surface area contributed by atoms with Gasteiger partial charge in [0, 0.05) is 17.3 Å². The number of fused-ring (bicyclic) bond motifs is 3. The molecule has 0 unspecified atom stereocenters. The number of esters is 2. The SMILES string of the molecule is COC(=O)C1=C(C(=O)OC)[C@@]2(C=CC(=O)C(c3ccccc3)=C2)O[C@@H]2c3ccccc3C=CN12. The van der Waals surface area contributed by atoms with Gasteiger partial charge in [0.15, 0.2) is 12.0 Å². The Morgan fingerprint density at radius 1 is 0.941 bits per heavy atom. The van der Waals surface area contributed by atoms with Gasteiger partial charge in [-0.05, 0) is 35.4 Å². The second-order valence-corrected chi connectivity index (χ2v) is 7.94. The second kappa shape index (κ2) is 8.28. The quantitative estimate of drug-likeness (QED) is 0.655. The Bertz CT molecular complexity index is 1320. The molecule has 0 bridgehead atoms. The molecule has 3 aliphatic rings. The fourth-order valence-electron chi connectivity index (χ4n) is 4.50. The van der Waals surface area contributed by atoms with Gasteiger partial charge in [-0.3, -0.25) is 4.79 Å². The molecule has 0 N–H and O–H groups in total. The number of rotatable bonds is 3. The molecule has 0 fully saturated rings. The fraction of sp³-hybridized carbons (Fsp3) is 0.148. The summed E-state index contributed by atoms with van der Waals surface area (Å²) in [5.74, 6) is -1.73. The molecular formula is C27H21NO6. The predicted molar refractivity (Wildman–Crippen MR) is 123 cm³/mol. The summed E-state index contributed by atoms with van der Waals surface area (Å²) in [6, 6.07) is 16.7. The van der Waals surface area contributed by atoms with Crippen LogP contribution in [0.15, 0.2) is 90.3 Å². The van der Waals surface area contributed by atoms with Crippen molar-refractivity contribution in [2.45, 2.75) is 11.8 Å². The van der Waals surface area contributed by atoms with Gasteiger partial charge in [-0.25, -0.2) is 9.59 Å². The lowest BCUT2D eigenvalue weighted by molar-refractivity contribution is -0.153. The van der Waals surface area contributed by atoms with Gasteiger partial charge in [0.05, 0.1) is 14.2 Å². The zero-order chi connectivity index (χ0) is 23.9. The minimum Gasteiger partial charge on any atom is -0.465 e. The third-order valence-electron chi connectivity index (χ3n) is 6.08. The molecule has 2 aromatic carbocycles. The van der Waals surface area contributed by atoms with Crippen molar-refractivity contribution in [2.75, 3.05) is 14.2 Å². The number of methoxy groups -OCH3 is 2. The summed E-state index contributed by atoms with van der Waals surface area (Å²) in [7, 11) is 2.47. The summed E-state index contributed by atoms with van der Waals surface area (Å²) < 4.78 is 16.7. The van der Waals surface area contributed by atoms with Crippen LogP contribution in [0.5, 0.6) is 0 Å². The average Bonchev–Trinajstić information content (AvgIpc) is 2.89. The zero-order valence-corrected chi connectivity index (χ0v) is 18.6. The average molecular weight is 455 g/mol. The van der Waals surface area contributed by atoms with E-state index in [1.165, 1.54) is 26.4 Å². The fourth-order valence-corrected chi connectivity index (χ4v) is 4.50. The molecule has 7 heteroatoms. The van der Waals surface area contributed by atoms with Crippen LogP contribution in [-0.2, 0) is 28.6 Å². The minimum absolute atomic E-state index is 0.0148. The number of carbonyl (C=O) groups is 3. The van der Waals surface area contributed by atoms with Crippen molar-refractivity contribution in [2.24, 2.45) is 0 Å². The molecule has 0 radical (unpaired) electrons. The number of allylic oxidation sites excluding steroid dienone is 2. The van der Waals surface area contributed by atoms with E-state index in [4.69, 9.17) is 14.2 Å². The molecule has 2 aliphatic heterocycles. The van der Waals surface area contributed by atoms with Crippen molar-refractivity contribution < 1.29 is 28.6 Å². The number of hydrogen-bond acceptors (Lipinski definition) is 7. The largest absolute Gasteiger partial charge is 0.465 e. The molecule has 5 rings (SSSR count).